The number of hydrogen-bond acceptors (Lipinski definition) is 4. The van der Waals surface area contributed by atoms with Crippen molar-refractivity contribution in [3.63, 3.8) is 0 Å². The number of hydrogen-bond donors (Lipinski definition) is 1. The van der Waals surface area contributed by atoms with Gasteiger partial charge in [0, 0.05) is 18.1 Å². The van der Waals surface area contributed by atoms with Crippen LogP contribution in [0.1, 0.15) is 32.3 Å². The van der Waals surface area contributed by atoms with Gasteiger partial charge in [0.1, 0.15) is 12.6 Å². The summed E-state index contributed by atoms with van der Waals surface area (Å²) >= 11 is 12.5. The second-order valence-electron chi connectivity index (χ2n) is 8.75. The maximum Gasteiger partial charge on any atom is 0.264 e. The summed E-state index contributed by atoms with van der Waals surface area (Å²) in [6.45, 7) is 3.69. The number of carbonyl (C=O) groups excluding carboxylic acids is 2. The highest BCUT2D eigenvalue weighted by atomic mass is 35.5. The van der Waals surface area contributed by atoms with Crippen molar-refractivity contribution in [2.45, 2.75) is 44.2 Å². The fourth-order valence-electron chi connectivity index (χ4n) is 3.82. The number of nitrogens with one attached hydrogen (secondary N) is 1. The van der Waals surface area contributed by atoms with Crippen molar-refractivity contribution < 1.29 is 18.0 Å². The number of rotatable bonds is 12. The topological polar surface area (TPSA) is 86.8 Å². The van der Waals surface area contributed by atoms with Crippen LogP contribution in [0.3, 0.4) is 0 Å². The fraction of sp³-hybridized carbons (Fsp3) is 0.286. The van der Waals surface area contributed by atoms with Crippen LogP contribution in [0.15, 0.2) is 83.8 Å². The minimum atomic E-state index is -4.20. The molecule has 0 saturated heterocycles. The van der Waals surface area contributed by atoms with Crippen molar-refractivity contribution in [3.8, 4) is 0 Å². The van der Waals surface area contributed by atoms with Gasteiger partial charge in [0.25, 0.3) is 10.0 Å². The lowest BCUT2D eigenvalue weighted by molar-refractivity contribution is -0.139. The zero-order valence-electron chi connectivity index (χ0n) is 21.3. The number of nitrogens with zero attached hydrogens (tertiary/aromatic N) is 2. The number of sulfonamides is 1. The zero-order chi connectivity index (χ0) is 27.7. The Hall–Kier alpha value is -3.07. The van der Waals surface area contributed by atoms with E-state index in [1.807, 2.05) is 37.3 Å². The molecule has 3 aromatic carbocycles. The molecule has 0 aliphatic heterocycles. The minimum Gasteiger partial charge on any atom is -0.354 e. The van der Waals surface area contributed by atoms with Crippen molar-refractivity contribution in [1.29, 1.82) is 0 Å². The van der Waals surface area contributed by atoms with Crippen molar-refractivity contribution in [1.82, 2.24) is 10.2 Å². The van der Waals surface area contributed by atoms with Crippen molar-refractivity contribution >= 4 is 50.7 Å². The maximum absolute atomic E-state index is 13.8. The summed E-state index contributed by atoms with van der Waals surface area (Å²) in [6, 6.07) is 20.5. The van der Waals surface area contributed by atoms with Crippen LogP contribution in [0.5, 0.6) is 0 Å². The van der Waals surface area contributed by atoms with Gasteiger partial charge in [-0.3, -0.25) is 13.9 Å². The highest BCUT2D eigenvalue weighted by molar-refractivity contribution is 7.92. The van der Waals surface area contributed by atoms with E-state index in [2.05, 4.69) is 5.32 Å². The molecule has 0 bridgehead atoms. The molecule has 202 valence electrons. The largest absolute Gasteiger partial charge is 0.354 e. The Bertz CT molecular complexity index is 1340. The molecule has 1 atom stereocenters. The van der Waals surface area contributed by atoms with Crippen LogP contribution in [0.4, 0.5) is 5.69 Å². The molecule has 0 aromatic heterocycles. The van der Waals surface area contributed by atoms with E-state index in [9.17, 15) is 18.0 Å². The molecular weight excluding hydrogens is 545 g/mol. The molecule has 38 heavy (non-hydrogen) atoms. The van der Waals surface area contributed by atoms with Crippen molar-refractivity contribution in [2.24, 2.45) is 0 Å². The van der Waals surface area contributed by atoms with E-state index < -0.39 is 28.5 Å². The molecular formula is C28H31Cl2N3O4S. The summed E-state index contributed by atoms with van der Waals surface area (Å²) in [7, 11) is -4.20. The van der Waals surface area contributed by atoms with Gasteiger partial charge < -0.3 is 10.2 Å². The van der Waals surface area contributed by atoms with Crippen LogP contribution in [0.25, 0.3) is 0 Å². The standard InChI is InChI=1S/C28H31Cl2N3O4S/c1-3-4-17-31-28(35)21(2)32(19-22-11-7-5-8-12-22)27(34)20-33(26-16-15-23(29)18-25(26)30)38(36,37)24-13-9-6-10-14-24/h5-16,18,21H,3-4,17,19-20H2,1-2H3,(H,31,35). The van der Waals surface area contributed by atoms with Crippen LogP contribution in [-0.2, 0) is 26.2 Å². The first-order valence-corrected chi connectivity index (χ1v) is 14.5. The van der Waals surface area contributed by atoms with Crippen molar-refractivity contribution in [2.75, 3.05) is 17.4 Å². The summed E-state index contributed by atoms with van der Waals surface area (Å²) in [6.07, 6.45) is 1.72. The smallest absolute Gasteiger partial charge is 0.264 e. The predicted octanol–water partition coefficient (Wildman–Crippen LogP) is 5.52. The summed E-state index contributed by atoms with van der Waals surface area (Å²) in [5, 5.41) is 3.26. The van der Waals surface area contributed by atoms with Crippen LogP contribution in [0.2, 0.25) is 10.0 Å². The van der Waals surface area contributed by atoms with E-state index in [1.54, 1.807) is 25.1 Å². The Kier molecular flexibility index (Phi) is 10.6. The van der Waals surface area contributed by atoms with Gasteiger partial charge in [-0.05, 0) is 49.2 Å². The molecule has 3 rings (SSSR count). The Morgan fingerprint density at radius 3 is 2.18 bits per heavy atom. The lowest BCUT2D eigenvalue weighted by atomic mass is 10.1. The third kappa shape index (κ3) is 7.49. The number of benzene rings is 3. The van der Waals surface area contributed by atoms with Crippen LogP contribution >= 0.6 is 23.2 Å². The average Bonchev–Trinajstić information content (AvgIpc) is 2.91. The third-order valence-corrected chi connectivity index (χ3v) is 8.29. The first kappa shape index (κ1) is 29.5. The van der Waals surface area contributed by atoms with Gasteiger partial charge >= 0.3 is 0 Å². The maximum atomic E-state index is 13.8. The first-order chi connectivity index (χ1) is 18.1. The van der Waals surface area contributed by atoms with Crippen LogP contribution < -0.4 is 9.62 Å². The summed E-state index contributed by atoms with van der Waals surface area (Å²) in [5.74, 6) is -0.873. The molecule has 0 heterocycles. The van der Waals surface area contributed by atoms with Gasteiger partial charge in [-0.15, -0.1) is 0 Å². The Morgan fingerprint density at radius 1 is 0.947 bits per heavy atom. The Morgan fingerprint density at radius 2 is 1.58 bits per heavy atom. The molecule has 7 nitrogen and oxygen atoms in total. The highest BCUT2D eigenvalue weighted by Gasteiger charge is 2.33. The third-order valence-electron chi connectivity index (χ3n) is 5.98. The molecule has 1 N–H and O–H groups in total. The Balaban J connectivity index is 2.00. The number of amides is 2. The van der Waals surface area contributed by atoms with Gasteiger partial charge in [0.15, 0.2) is 0 Å². The van der Waals surface area contributed by atoms with Gasteiger partial charge in [-0.25, -0.2) is 8.42 Å². The summed E-state index contributed by atoms with van der Waals surface area (Å²) in [4.78, 5) is 28.2. The Labute approximate surface area is 234 Å². The monoisotopic (exact) mass is 575 g/mol. The molecule has 0 fully saturated rings. The fourth-order valence-corrected chi connectivity index (χ4v) is 5.83. The quantitative estimate of drug-likeness (QED) is 0.288. The number of carbonyl (C=O) groups is 2. The lowest BCUT2D eigenvalue weighted by Crippen LogP contribution is -2.51. The predicted molar refractivity (Wildman–Crippen MR) is 152 cm³/mol. The minimum absolute atomic E-state index is 0.00113. The second-order valence-corrected chi connectivity index (χ2v) is 11.5. The molecule has 1 unspecified atom stereocenters. The SMILES string of the molecule is CCCCNC(=O)C(C)N(Cc1ccccc1)C(=O)CN(c1ccc(Cl)cc1Cl)S(=O)(=O)c1ccccc1. The molecule has 2 amide bonds. The van der Waals surface area contributed by atoms with E-state index in [4.69, 9.17) is 23.2 Å². The van der Waals surface area contributed by atoms with Gasteiger partial charge in [0.2, 0.25) is 11.8 Å². The van der Waals surface area contributed by atoms with Gasteiger partial charge in [-0.2, -0.15) is 0 Å². The van der Waals surface area contributed by atoms with E-state index in [0.717, 1.165) is 22.7 Å². The van der Waals surface area contributed by atoms with Crippen LogP contribution in [-0.4, -0.2) is 44.3 Å². The van der Waals surface area contributed by atoms with E-state index in [0.29, 0.717) is 11.6 Å². The molecule has 10 heteroatoms. The molecule has 0 radical (unpaired) electrons. The first-order valence-electron chi connectivity index (χ1n) is 12.3. The van der Waals surface area contributed by atoms with E-state index in [-0.39, 0.29) is 28.1 Å². The van der Waals surface area contributed by atoms with Crippen LogP contribution in [0, 0.1) is 0 Å². The van der Waals surface area contributed by atoms with Gasteiger partial charge in [-0.1, -0.05) is 85.1 Å². The summed E-state index contributed by atoms with van der Waals surface area (Å²) in [5.41, 5.74) is 0.907. The second kappa shape index (κ2) is 13.6. The van der Waals surface area contributed by atoms with E-state index in [1.165, 1.54) is 35.2 Å². The average molecular weight is 577 g/mol. The highest BCUT2D eigenvalue weighted by Crippen LogP contribution is 2.33. The molecule has 0 aliphatic carbocycles. The number of anilines is 1. The lowest BCUT2D eigenvalue weighted by Gasteiger charge is -2.32. The molecule has 3 aromatic rings. The molecule has 0 aliphatic rings. The van der Waals surface area contributed by atoms with Crippen molar-refractivity contribution in [3.05, 3.63) is 94.5 Å². The molecule has 0 spiro atoms. The summed E-state index contributed by atoms with van der Waals surface area (Å²) < 4.78 is 28.5. The van der Waals surface area contributed by atoms with Gasteiger partial charge in [0.05, 0.1) is 15.6 Å². The normalized spacial score (nSPS) is 12.0. The van der Waals surface area contributed by atoms with E-state index >= 15 is 0 Å². The number of unbranched alkanes of at least 4 members (excludes halogenated alkanes) is 1. The number of halogens is 2. The zero-order valence-corrected chi connectivity index (χ0v) is 23.6. The molecule has 0 saturated carbocycles.